The van der Waals surface area contributed by atoms with Crippen LogP contribution in [-0.2, 0) is 16.0 Å². The molecule has 3 atom stereocenters. The molecule has 36 heavy (non-hydrogen) atoms. The average molecular weight is 519 g/mol. The van der Waals surface area contributed by atoms with Gasteiger partial charge in [-0.2, -0.15) is 0 Å². The molecule has 1 amide bonds. The topological polar surface area (TPSA) is 87.7 Å². The van der Waals surface area contributed by atoms with Crippen LogP contribution in [0, 0.1) is 17.6 Å². The van der Waals surface area contributed by atoms with E-state index in [4.69, 9.17) is 16.3 Å². The van der Waals surface area contributed by atoms with Gasteiger partial charge in [0.15, 0.2) is 11.6 Å². The fourth-order valence-corrected chi connectivity index (χ4v) is 5.34. The second-order valence-corrected chi connectivity index (χ2v) is 9.79. The van der Waals surface area contributed by atoms with Crippen LogP contribution in [0.3, 0.4) is 0 Å². The number of rotatable bonds is 9. The molecule has 2 aromatic rings. The average Bonchev–Trinajstić information content (AvgIpc) is 2.84. The number of carboxylic acids is 1. The van der Waals surface area contributed by atoms with E-state index >= 15 is 0 Å². The minimum absolute atomic E-state index is 0.0787. The molecular formula is C27H29ClF2N2O4. The first-order valence-corrected chi connectivity index (χ1v) is 12.4. The van der Waals surface area contributed by atoms with E-state index in [2.05, 4.69) is 10.6 Å². The van der Waals surface area contributed by atoms with Gasteiger partial charge in [-0.25, -0.2) is 13.6 Å². The largest absolute Gasteiger partial charge is 0.489 e. The lowest BCUT2D eigenvalue weighted by molar-refractivity contribution is -0.133. The number of carboxylic acid groups (broad SMARTS) is 1. The van der Waals surface area contributed by atoms with Crippen molar-refractivity contribution in [3.63, 3.8) is 0 Å². The number of piperidine rings is 1. The summed E-state index contributed by atoms with van der Waals surface area (Å²) in [5.41, 5.74) is 3.15. The van der Waals surface area contributed by atoms with Crippen LogP contribution in [-0.4, -0.2) is 42.2 Å². The summed E-state index contributed by atoms with van der Waals surface area (Å²) in [7, 11) is 0. The van der Waals surface area contributed by atoms with E-state index in [9.17, 15) is 23.5 Å². The van der Waals surface area contributed by atoms with Gasteiger partial charge < -0.3 is 20.5 Å². The first-order valence-electron chi connectivity index (χ1n) is 12.0. The van der Waals surface area contributed by atoms with E-state index in [1.54, 1.807) is 0 Å². The molecular weight excluding hydrogens is 490 g/mol. The lowest BCUT2D eigenvalue weighted by Crippen LogP contribution is -2.52. The number of aliphatic carboxylic acids is 1. The van der Waals surface area contributed by atoms with Gasteiger partial charge in [0.25, 0.3) is 0 Å². The zero-order valence-corrected chi connectivity index (χ0v) is 20.7. The Morgan fingerprint density at radius 3 is 2.56 bits per heavy atom. The fraction of sp³-hybridized carbons (Fsp3) is 0.407. The highest BCUT2D eigenvalue weighted by Crippen LogP contribution is 2.38. The number of benzene rings is 2. The molecule has 1 saturated heterocycles. The third kappa shape index (κ3) is 6.05. The van der Waals surface area contributed by atoms with Gasteiger partial charge in [-0.05, 0) is 66.9 Å². The molecule has 2 aromatic carbocycles. The van der Waals surface area contributed by atoms with E-state index in [-0.39, 0.29) is 41.3 Å². The molecule has 2 aliphatic heterocycles. The molecule has 0 aliphatic carbocycles. The van der Waals surface area contributed by atoms with E-state index in [1.807, 2.05) is 24.3 Å². The lowest BCUT2D eigenvalue weighted by atomic mass is 9.75. The normalized spacial score (nSPS) is 21.3. The predicted octanol–water partition coefficient (Wildman–Crippen LogP) is 4.74. The molecule has 2 heterocycles. The van der Waals surface area contributed by atoms with Crippen molar-refractivity contribution in [2.45, 2.75) is 51.1 Å². The Bertz CT molecular complexity index is 1170. The number of amides is 1. The summed E-state index contributed by atoms with van der Waals surface area (Å²) >= 11 is 5.78. The molecule has 2 aliphatic rings. The molecule has 2 unspecified atom stereocenters. The number of nitrogens with one attached hydrogen (secondary N) is 2. The number of aryl methyl sites for hydroxylation is 1. The third-order valence-corrected chi connectivity index (χ3v) is 7.13. The molecule has 0 saturated carbocycles. The van der Waals surface area contributed by atoms with Crippen molar-refractivity contribution in [1.82, 2.24) is 10.6 Å². The monoisotopic (exact) mass is 518 g/mol. The van der Waals surface area contributed by atoms with Gasteiger partial charge in [-0.3, -0.25) is 4.79 Å². The number of hydrogen-bond donors (Lipinski definition) is 3. The maximum atomic E-state index is 13.8. The molecule has 4 rings (SSSR count). The van der Waals surface area contributed by atoms with Crippen LogP contribution in [0.25, 0.3) is 5.57 Å². The summed E-state index contributed by atoms with van der Waals surface area (Å²) in [4.78, 5) is 23.5. The highest BCUT2D eigenvalue weighted by atomic mass is 35.5. The standard InChI is InChI=1S/C27H29ClF2N2O4/c1-15(33)31-14-17-11-19-13-20(24(27(34)35)23(12-17)32-19)18-6-4-16(5-7-18)3-2-10-36-26-22(30)9-8-21(29)25(26)28/h4-9,17,19,23,32H,2-3,10-14H2,1H3,(H,31,33)(H,34,35)/t17?,19-,23?/m0/s1. The van der Waals surface area contributed by atoms with Crippen molar-refractivity contribution in [3.05, 3.63) is 69.8 Å². The zero-order chi connectivity index (χ0) is 25.8. The number of ether oxygens (including phenoxy) is 1. The molecule has 1 fully saturated rings. The second kappa shape index (κ2) is 11.4. The Kier molecular flexibility index (Phi) is 8.26. The predicted molar refractivity (Wildman–Crippen MR) is 133 cm³/mol. The van der Waals surface area contributed by atoms with Crippen molar-refractivity contribution in [1.29, 1.82) is 0 Å². The smallest absolute Gasteiger partial charge is 0.333 e. The van der Waals surface area contributed by atoms with Crippen LogP contribution in [0.15, 0.2) is 42.0 Å². The highest BCUT2D eigenvalue weighted by molar-refractivity contribution is 6.32. The quantitative estimate of drug-likeness (QED) is 0.329. The summed E-state index contributed by atoms with van der Waals surface area (Å²) < 4.78 is 32.7. The Morgan fingerprint density at radius 2 is 1.86 bits per heavy atom. The van der Waals surface area contributed by atoms with Gasteiger partial charge >= 0.3 is 5.97 Å². The summed E-state index contributed by atoms with van der Waals surface area (Å²) in [6, 6.07) is 9.62. The number of hydrogen-bond acceptors (Lipinski definition) is 4. The molecule has 0 spiro atoms. The van der Waals surface area contributed by atoms with E-state index < -0.39 is 17.6 Å². The molecule has 9 heteroatoms. The third-order valence-electron chi connectivity index (χ3n) is 6.78. The maximum absolute atomic E-state index is 13.8. The van der Waals surface area contributed by atoms with Crippen LogP contribution in [0.2, 0.25) is 5.02 Å². The molecule has 2 bridgehead atoms. The zero-order valence-electron chi connectivity index (χ0n) is 20.0. The van der Waals surface area contributed by atoms with Gasteiger partial charge in [-0.1, -0.05) is 35.9 Å². The molecule has 0 radical (unpaired) electrons. The molecule has 0 aromatic heterocycles. The first-order chi connectivity index (χ1) is 17.2. The van der Waals surface area contributed by atoms with Crippen molar-refractivity contribution in [3.8, 4) is 5.75 Å². The van der Waals surface area contributed by atoms with Crippen LogP contribution < -0.4 is 15.4 Å². The minimum atomic E-state index is -0.925. The second-order valence-electron chi connectivity index (χ2n) is 9.41. The van der Waals surface area contributed by atoms with Crippen molar-refractivity contribution >= 4 is 29.1 Å². The van der Waals surface area contributed by atoms with Crippen LogP contribution in [0.4, 0.5) is 8.78 Å². The van der Waals surface area contributed by atoms with Crippen molar-refractivity contribution < 1.29 is 28.2 Å². The van der Waals surface area contributed by atoms with Crippen LogP contribution in [0.5, 0.6) is 5.75 Å². The Morgan fingerprint density at radius 1 is 1.14 bits per heavy atom. The van der Waals surface area contributed by atoms with Gasteiger partial charge in [0.2, 0.25) is 5.91 Å². The van der Waals surface area contributed by atoms with Crippen molar-refractivity contribution in [2.24, 2.45) is 5.92 Å². The van der Waals surface area contributed by atoms with Crippen LogP contribution in [0.1, 0.15) is 43.7 Å². The summed E-state index contributed by atoms with van der Waals surface area (Å²) in [5.74, 6) is -2.49. The summed E-state index contributed by atoms with van der Waals surface area (Å²) in [6.45, 7) is 2.21. The molecule has 192 valence electrons. The number of carbonyl (C=O) groups excluding carboxylic acids is 1. The maximum Gasteiger partial charge on any atom is 0.333 e. The number of carbonyl (C=O) groups is 2. The first kappa shape index (κ1) is 26.1. The van der Waals surface area contributed by atoms with Gasteiger partial charge in [0, 0.05) is 25.6 Å². The van der Waals surface area contributed by atoms with Crippen molar-refractivity contribution in [2.75, 3.05) is 13.2 Å². The summed E-state index contributed by atoms with van der Waals surface area (Å²) in [5, 5.41) is 15.9. The lowest BCUT2D eigenvalue weighted by Gasteiger charge is -2.42. The highest BCUT2D eigenvalue weighted by Gasteiger charge is 2.39. The minimum Gasteiger partial charge on any atom is -0.489 e. The van der Waals surface area contributed by atoms with E-state index in [0.717, 1.165) is 35.3 Å². The summed E-state index contributed by atoms with van der Waals surface area (Å²) in [6.07, 6.45) is 3.37. The Hall–Kier alpha value is -2.97. The molecule has 3 N–H and O–H groups in total. The van der Waals surface area contributed by atoms with Gasteiger partial charge in [-0.15, -0.1) is 0 Å². The van der Waals surface area contributed by atoms with Gasteiger partial charge in [0.05, 0.1) is 12.2 Å². The van der Waals surface area contributed by atoms with E-state index in [1.165, 1.54) is 6.92 Å². The fourth-order valence-electron chi connectivity index (χ4n) is 5.13. The number of halogens is 3. The number of fused-ring (bicyclic) bond motifs is 2. The van der Waals surface area contributed by atoms with Gasteiger partial charge in [0.1, 0.15) is 10.8 Å². The van der Waals surface area contributed by atoms with Crippen LogP contribution >= 0.6 is 11.6 Å². The Balaban J connectivity index is 1.39. The Labute approximate surface area is 213 Å². The van der Waals surface area contributed by atoms with E-state index in [0.29, 0.717) is 37.8 Å². The SMILES string of the molecule is CC(=O)NCC1CC2N[C@H](CC(c3ccc(CCCOc4c(F)ccc(F)c4Cl)cc3)=C2C(=O)O)C1. The molecule has 6 nitrogen and oxygen atoms in total.